The minimum absolute atomic E-state index is 0.487. The van der Waals surface area contributed by atoms with Crippen LogP contribution in [0.4, 0.5) is 0 Å². The first-order chi connectivity index (χ1) is 7.20. The highest BCUT2D eigenvalue weighted by molar-refractivity contribution is 6.31. The Morgan fingerprint density at radius 2 is 2.40 bits per heavy atom. The van der Waals surface area contributed by atoms with Gasteiger partial charge in [0.2, 0.25) is 0 Å². The molecule has 1 aromatic heterocycles. The minimum atomic E-state index is 0.487. The lowest BCUT2D eigenvalue weighted by atomic mass is 10.2. The molecule has 0 saturated heterocycles. The summed E-state index contributed by atoms with van der Waals surface area (Å²) in [6.45, 7) is 2.06. The van der Waals surface area contributed by atoms with E-state index in [9.17, 15) is 0 Å². The molecule has 0 aliphatic heterocycles. The van der Waals surface area contributed by atoms with Crippen LogP contribution >= 0.6 is 11.6 Å². The molecule has 0 spiro atoms. The first kappa shape index (κ1) is 12.0. The van der Waals surface area contributed by atoms with Gasteiger partial charge in [-0.2, -0.15) is 0 Å². The van der Waals surface area contributed by atoms with Crippen molar-refractivity contribution in [3.63, 3.8) is 0 Å². The highest BCUT2D eigenvalue weighted by Gasteiger charge is 2.10. The average molecular weight is 227 g/mol. The fourth-order valence-electron chi connectivity index (χ4n) is 1.28. The quantitative estimate of drug-likeness (QED) is 0.583. The molecule has 0 aliphatic rings. The highest BCUT2D eigenvalue weighted by atomic mass is 35.5. The van der Waals surface area contributed by atoms with Crippen molar-refractivity contribution in [1.82, 2.24) is 10.0 Å². The van der Waals surface area contributed by atoms with Crippen LogP contribution in [-0.2, 0) is 4.84 Å². The predicted octanol–water partition coefficient (Wildman–Crippen LogP) is 2.98. The molecule has 0 aromatic carbocycles. The van der Waals surface area contributed by atoms with Gasteiger partial charge in [-0.15, -0.1) is 0 Å². The minimum Gasteiger partial charge on any atom is -0.277 e. The van der Waals surface area contributed by atoms with Crippen molar-refractivity contribution >= 4 is 17.3 Å². The van der Waals surface area contributed by atoms with Crippen LogP contribution in [0.25, 0.3) is 5.70 Å². The molecule has 1 rings (SSSR count). The summed E-state index contributed by atoms with van der Waals surface area (Å²) in [5.74, 6) is 0. The summed E-state index contributed by atoms with van der Waals surface area (Å²) < 4.78 is 0. The first-order valence-electron chi connectivity index (χ1n) is 4.79. The van der Waals surface area contributed by atoms with Gasteiger partial charge in [0.25, 0.3) is 0 Å². The normalized spacial score (nSPS) is 11.6. The van der Waals surface area contributed by atoms with Crippen molar-refractivity contribution in [1.29, 1.82) is 0 Å². The molecule has 1 aromatic rings. The van der Waals surface area contributed by atoms with E-state index in [4.69, 9.17) is 16.4 Å². The average Bonchev–Trinajstić information content (AvgIpc) is 2.26. The molecule has 0 N–H and O–H groups in total. The van der Waals surface area contributed by atoms with Gasteiger partial charge in [-0.25, -0.2) is 4.98 Å². The molecule has 0 atom stereocenters. The Balaban J connectivity index is 3.11. The molecule has 0 unspecified atom stereocenters. The molecule has 0 aliphatic carbocycles. The number of hydrogen-bond acceptors (Lipinski definition) is 3. The van der Waals surface area contributed by atoms with Crippen LogP contribution in [0.5, 0.6) is 0 Å². The largest absolute Gasteiger partial charge is 0.277 e. The van der Waals surface area contributed by atoms with Crippen molar-refractivity contribution in [2.45, 2.75) is 13.3 Å². The van der Waals surface area contributed by atoms with Crippen molar-refractivity contribution in [3.8, 4) is 0 Å². The standard InChI is InChI=1S/C11H15ClN2O/c1-4-6-10(14(2)15-3)9-7-5-8-13-11(9)12/h5-8H,4H2,1-3H3/b10-6+. The summed E-state index contributed by atoms with van der Waals surface area (Å²) in [7, 11) is 3.46. The summed E-state index contributed by atoms with van der Waals surface area (Å²) >= 11 is 6.02. The van der Waals surface area contributed by atoms with Gasteiger partial charge in [0.15, 0.2) is 0 Å². The lowest BCUT2D eigenvalue weighted by molar-refractivity contribution is -0.0528. The number of allylic oxidation sites excluding steroid dienone is 1. The monoisotopic (exact) mass is 226 g/mol. The molecule has 15 heavy (non-hydrogen) atoms. The zero-order valence-electron chi connectivity index (χ0n) is 9.20. The lowest BCUT2D eigenvalue weighted by Crippen LogP contribution is -2.15. The van der Waals surface area contributed by atoms with Crippen LogP contribution in [-0.4, -0.2) is 24.2 Å². The van der Waals surface area contributed by atoms with E-state index >= 15 is 0 Å². The van der Waals surface area contributed by atoms with Gasteiger partial charge in [-0.3, -0.25) is 9.90 Å². The molecule has 0 amide bonds. The number of hydrogen-bond donors (Lipinski definition) is 0. The van der Waals surface area contributed by atoms with E-state index in [1.807, 2.05) is 25.3 Å². The maximum Gasteiger partial charge on any atom is 0.138 e. The molecule has 3 nitrogen and oxygen atoms in total. The summed E-state index contributed by atoms with van der Waals surface area (Å²) in [5, 5.41) is 2.16. The molecule has 0 bridgehead atoms. The third-order valence-electron chi connectivity index (χ3n) is 2.05. The SMILES string of the molecule is CC/C=C(\c1cccnc1Cl)N(C)OC. The second kappa shape index (κ2) is 5.73. The predicted molar refractivity (Wildman–Crippen MR) is 62.3 cm³/mol. The number of rotatable bonds is 4. The van der Waals surface area contributed by atoms with Gasteiger partial charge >= 0.3 is 0 Å². The molecule has 4 heteroatoms. The van der Waals surface area contributed by atoms with E-state index in [-0.39, 0.29) is 0 Å². The maximum atomic E-state index is 6.02. The van der Waals surface area contributed by atoms with Crippen LogP contribution in [0, 0.1) is 0 Å². The summed E-state index contributed by atoms with van der Waals surface area (Å²) in [5.41, 5.74) is 1.81. The van der Waals surface area contributed by atoms with E-state index < -0.39 is 0 Å². The van der Waals surface area contributed by atoms with Crippen LogP contribution in [0.15, 0.2) is 24.4 Å². The van der Waals surface area contributed by atoms with E-state index in [0.29, 0.717) is 5.15 Å². The molecule has 82 valence electrons. The van der Waals surface area contributed by atoms with Gasteiger partial charge in [0.05, 0.1) is 12.8 Å². The van der Waals surface area contributed by atoms with E-state index in [2.05, 4.69) is 11.9 Å². The van der Waals surface area contributed by atoms with Crippen LogP contribution < -0.4 is 0 Å². The van der Waals surface area contributed by atoms with Gasteiger partial charge in [-0.05, 0) is 18.6 Å². The fraction of sp³-hybridized carbons (Fsp3) is 0.364. The Morgan fingerprint density at radius 1 is 1.67 bits per heavy atom. The zero-order chi connectivity index (χ0) is 11.3. The zero-order valence-corrected chi connectivity index (χ0v) is 9.95. The topological polar surface area (TPSA) is 25.4 Å². The van der Waals surface area contributed by atoms with Crippen LogP contribution in [0.3, 0.4) is 0 Å². The smallest absolute Gasteiger partial charge is 0.138 e. The molecule has 0 saturated carbocycles. The van der Waals surface area contributed by atoms with Crippen LogP contribution in [0.2, 0.25) is 5.15 Å². The Hall–Kier alpha value is -1.06. The molecule has 0 fully saturated rings. The Labute approximate surface area is 95.3 Å². The van der Waals surface area contributed by atoms with E-state index in [1.54, 1.807) is 18.4 Å². The summed E-state index contributed by atoms with van der Waals surface area (Å²) in [4.78, 5) is 9.19. The highest BCUT2D eigenvalue weighted by Crippen LogP contribution is 2.24. The number of halogens is 1. The third-order valence-corrected chi connectivity index (χ3v) is 2.35. The molecule has 0 radical (unpaired) electrons. The fourth-order valence-corrected chi connectivity index (χ4v) is 1.49. The van der Waals surface area contributed by atoms with Crippen molar-refractivity contribution in [2.24, 2.45) is 0 Å². The van der Waals surface area contributed by atoms with Gasteiger partial charge in [0, 0.05) is 18.8 Å². The number of pyridine rings is 1. The molecular weight excluding hydrogens is 212 g/mol. The Morgan fingerprint density at radius 3 is 2.93 bits per heavy atom. The lowest BCUT2D eigenvalue weighted by Gasteiger charge is -2.20. The van der Waals surface area contributed by atoms with Crippen molar-refractivity contribution < 1.29 is 4.84 Å². The first-order valence-corrected chi connectivity index (χ1v) is 5.17. The Kier molecular flexibility index (Phi) is 4.59. The van der Waals surface area contributed by atoms with Gasteiger partial charge in [-0.1, -0.05) is 24.6 Å². The molecular formula is C11H15ClN2O. The van der Waals surface area contributed by atoms with Crippen LogP contribution in [0.1, 0.15) is 18.9 Å². The van der Waals surface area contributed by atoms with E-state index in [0.717, 1.165) is 17.7 Å². The molecule has 1 heterocycles. The van der Waals surface area contributed by atoms with Crippen molar-refractivity contribution in [2.75, 3.05) is 14.2 Å². The maximum absolute atomic E-state index is 6.02. The summed E-state index contributed by atoms with van der Waals surface area (Å²) in [6.07, 6.45) is 4.63. The second-order valence-electron chi connectivity index (χ2n) is 3.02. The second-order valence-corrected chi connectivity index (χ2v) is 3.38. The van der Waals surface area contributed by atoms with Crippen molar-refractivity contribution in [3.05, 3.63) is 35.1 Å². The number of aromatic nitrogens is 1. The van der Waals surface area contributed by atoms with E-state index in [1.165, 1.54) is 0 Å². The number of nitrogens with zero attached hydrogens (tertiary/aromatic N) is 2. The van der Waals surface area contributed by atoms with Gasteiger partial charge in [0.1, 0.15) is 5.15 Å². The number of hydroxylamine groups is 2. The third kappa shape index (κ3) is 2.94. The Bertz CT molecular complexity index is 352. The van der Waals surface area contributed by atoms with Gasteiger partial charge < -0.3 is 0 Å². The summed E-state index contributed by atoms with van der Waals surface area (Å²) in [6, 6.07) is 3.78.